The Morgan fingerprint density at radius 3 is 2.57 bits per heavy atom. The molecule has 1 heterocycles. The van der Waals surface area contributed by atoms with Crippen LogP contribution in [0.2, 0.25) is 0 Å². The van der Waals surface area contributed by atoms with Crippen LogP contribution < -0.4 is 0 Å². The zero-order valence-electron chi connectivity index (χ0n) is 7.69. The molecule has 0 bridgehead atoms. The van der Waals surface area contributed by atoms with Crippen molar-refractivity contribution in [1.82, 2.24) is 0 Å². The molecular weight excluding hydrogens is 256 g/mol. The minimum absolute atomic E-state index is 0.429. The van der Waals surface area contributed by atoms with Crippen molar-refractivity contribution in [1.29, 1.82) is 0 Å². The van der Waals surface area contributed by atoms with Crippen LogP contribution in [0.15, 0.2) is 47.2 Å². The Kier molecular flexibility index (Phi) is 3.38. The molecule has 1 aromatic heterocycles. The topological polar surface area (TPSA) is 0 Å². The summed E-state index contributed by atoms with van der Waals surface area (Å²) in [6.07, 6.45) is 1.06. The first-order chi connectivity index (χ1) is 6.86. The minimum Gasteiger partial charge on any atom is -0.152 e. The van der Waals surface area contributed by atoms with Crippen LogP contribution >= 0.6 is 27.3 Å². The first-order valence-corrected chi connectivity index (χ1v) is 6.42. The summed E-state index contributed by atoms with van der Waals surface area (Å²) in [5.41, 5.74) is 2.75. The molecular formula is C12H11BrS. The Balaban J connectivity index is 2.07. The molecule has 72 valence electrons. The molecule has 0 nitrogen and oxygen atoms in total. The quantitative estimate of drug-likeness (QED) is 0.722. The van der Waals surface area contributed by atoms with Crippen LogP contribution in [0.1, 0.15) is 16.0 Å². The van der Waals surface area contributed by atoms with E-state index in [1.165, 1.54) is 11.1 Å². The summed E-state index contributed by atoms with van der Waals surface area (Å²) >= 11 is 5.47. The van der Waals surface area contributed by atoms with E-state index in [0.29, 0.717) is 4.83 Å². The van der Waals surface area contributed by atoms with Crippen molar-refractivity contribution in [3.8, 4) is 0 Å². The van der Waals surface area contributed by atoms with E-state index in [9.17, 15) is 0 Å². The van der Waals surface area contributed by atoms with Crippen LogP contribution in [-0.2, 0) is 6.42 Å². The molecule has 1 unspecified atom stereocenters. The third kappa shape index (κ3) is 2.46. The lowest BCUT2D eigenvalue weighted by Gasteiger charge is -2.08. The summed E-state index contributed by atoms with van der Waals surface area (Å²) in [5.74, 6) is 0. The first kappa shape index (κ1) is 9.94. The predicted octanol–water partition coefficient (Wildman–Crippen LogP) is 4.43. The summed E-state index contributed by atoms with van der Waals surface area (Å²) in [6.45, 7) is 0. The van der Waals surface area contributed by atoms with Gasteiger partial charge in [0.15, 0.2) is 0 Å². The van der Waals surface area contributed by atoms with E-state index in [1.807, 2.05) is 6.07 Å². The molecule has 2 aromatic rings. The molecule has 0 aliphatic heterocycles. The molecule has 0 spiro atoms. The number of alkyl halides is 1. The Hall–Kier alpha value is -0.600. The molecule has 1 atom stereocenters. The number of hydrogen-bond donors (Lipinski definition) is 0. The number of halogens is 1. The van der Waals surface area contributed by atoms with E-state index in [2.05, 4.69) is 57.0 Å². The molecule has 0 aliphatic carbocycles. The summed E-state index contributed by atoms with van der Waals surface area (Å²) < 4.78 is 0. The lowest BCUT2D eigenvalue weighted by atomic mass is 10.1. The first-order valence-electron chi connectivity index (χ1n) is 4.56. The molecule has 1 aromatic carbocycles. The maximum atomic E-state index is 3.71. The van der Waals surface area contributed by atoms with E-state index in [1.54, 1.807) is 11.3 Å². The van der Waals surface area contributed by atoms with Crippen LogP contribution in [0.4, 0.5) is 0 Å². The van der Waals surface area contributed by atoms with Gasteiger partial charge < -0.3 is 0 Å². The molecule has 0 amide bonds. The zero-order valence-corrected chi connectivity index (χ0v) is 10.1. The van der Waals surface area contributed by atoms with Gasteiger partial charge in [-0.3, -0.25) is 0 Å². The normalized spacial score (nSPS) is 12.6. The van der Waals surface area contributed by atoms with Gasteiger partial charge in [0.2, 0.25) is 0 Å². The molecule has 0 fully saturated rings. The zero-order chi connectivity index (χ0) is 9.80. The van der Waals surface area contributed by atoms with Gasteiger partial charge in [0, 0.05) is 4.83 Å². The Morgan fingerprint density at radius 2 is 1.93 bits per heavy atom. The Labute approximate surface area is 96.7 Å². The largest absolute Gasteiger partial charge is 0.152 e. The summed E-state index contributed by atoms with van der Waals surface area (Å²) in [4.78, 5) is 0.429. The summed E-state index contributed by atoms with van der Waals surface area (Å²) in [5, 5.41) is 4.33. The third-order valence-electron chi connectivity index (χ3n) is 2.16. The van der Waals surface area contributed by atoms with Gasteiger partial charge in [0.25, 0.3) is 0 Å². The fourth-order valence-electron chi connectivity index (χ4n) is 1.40. The molecule has 0 aliphatic rings. The molecule has 0 radical (unpaired) electrons. The SMILES string of the molecule is BrC(Cc1ccsc1)c1ccccc1. The second-order valence-electron chi connectivity index (χ2n) is 3.21. The van der Waals surface area contributed by atoms with Crippen LogP contribution in [-0.4, -0.2) is 0 Å². The van der Waals surface area contributed by atoms with Gasteiger partial charge in [-0.15, -0.1) is 0 Å². The Bertz CT molecular complexity index is 366. The molecule has 2 heteroatoms. The molecule has 0 N–H and O–H groups in total. The van der Waals surface area contributed by atoms with Gasteiger partial charge in [-0.1, -0.05) is 46.3 Å². The van der Waals surface area contributed by atoms with E-state index in [0.717, 1.165) is 6.42 Å². The van der Waals surface area contributed by atoms with Crippen molar-refractivity contribution in [3.05, 3.63) is 58.3 Å². The highest BCUT2D eigenvalue weighted by Gasteiger charge is 2.07. The maximum absolute atomic E-state index is 3.71. The van der Waals surface area contributed by atoms with Crippen LogP contribution in [0.25, 0.3) is 0 Å². The number of benzene rings is 1. The van der Waals surface area contributed by atoms with E-state index in [-0.39, 0.29) is 0 Å². The Morgan fingerprint density at radius 1 is 1.14 bits per heavy atom. The minimum atomic E-state index is 0.429. The molecule has 0 saturated carbocycles. The highest BCUT2D eigenvalue weighted by molar-refractivity contribution is 9.09. The molecule has 2 rings (SSSR count). The smallest absolute Gasteiger partial charge is 0.0435 e. The van der Waals surface area contributed by atoms with Gasteiger partial charge in [-0.05, 0) is 34.4 Å². The summed E-state index contributed by atoms with van der Waals surface area (Å²) in [7, 11) is 0. The highest BCUT2D eigenvalue weighted by Crippen LogP contribution is 2.27. The lowest BCUT2D eigenvalue weighted by molar-refractivity contribution is 0.954. The standard InChI is InChI=1S/C12H11BrS/c13-12(8-10-6-7-14-9-10)11-4-2-1-3-5-11/h1-7,9,12H,8H2. The van der Waals surface area contributed by atoms with E-state index < -0.39 is 0 Å². The third-order valence-corrected chi connectivity index (χ3v) is 3.74. The highest BCUT2D eigenvalue weighted by atomic mass is 79.9. The van der Waals surface area contributed by atoms with Gasteiger partial charge in [-0.2, -0.15) is 11.3 Å². The van der Waals surface area contributed by atoms with Crippen LogP contribution in [0, 0.1) is 0 Å². The lowest BCUT2D eigenvalue weighted by Crippen LogP contribution is -1.93. The van der Waals surface area contributed by atoms with Gasteiger partial charge in [-0.25, -0.2) is 0 Å². The van der Waals surface area contributed by atoms with Crippen LogP contribution in [0.3, 0.4) is 0 Å². The maximum Gasteiger partial charge on any atom is 0.0435 e. The van der Waals surface area contributed by atoms with E-state index >= 15 is 0 Å². The average Bonchev–Trinajstić information content (AvgIpc) is 2.72. The van der Waals surface area contributed by atoms with Crippen molar-refractivity contribution in [2.45, 2.75) is 11.2 Å². The monoisotopic (exact) mass is 266 g/mol. The summed E-state index contributed by atoms with van der Waals surface area (Å²) in [6, 6.07) is 12.7. The van der Waals surface area contributed by atoms with Crippen molar-refractivity contribution in [2.24, 2.45) is 0 Å². The number of hydrogen-bond acceptors (Lipinski definition) is 1. The van der Waals surface area contributed by atoms with E-state index in [4.69, 9.17) is 0 Å². The molecule has 0 saturated heterocycles. The van der Waals surface area contributed by atoms with Crippen molar-refractivity contribution in [3.63, 3.8) is 0 Å². The second-order valence-corrected chi connectivity index (χ2v) is 5.10. The fraction of sp³-hybridized carbons (Fsp3) is 0.167. The van der Waals surface area contributed by atoms with Crippen molar-refractivity contribution < 1.29 is 0 Å². The van der Waals surface area contributed by atoms with Crippen LogP contribution in [0.5, 0.6) is 0 Å². The average molecular weight is 267 g/mol. The number of rotatable bonds is 3. The van der Waals surface area contributed by atoms with Gasteiger partial charge >= 0.3 is 0 Å². The fourth-order valence-corrected chi connectivity index (χ4v) is 2.76. The molecule has 14 heavy (non-hydrogen) atoms. The predicted molar refractivity (Wildman–Crippen MR) is 66.1 cm³/mol. The second kappa shape index (κ2) is 4.76. The van der Waals surface area contributed by atoms with Gasteiger partial charge in [0.1, 0.15) is 0 Å². The number of thiophene rings is 1. The van der Waals surface area contributed by atoms with Gasteiger partial charge in [0.05, 0.1) is 0 Å². The van der Waals surface area contributed by atoms with Crippen molar-refractivity contribution >= 4 is 27.3 Å². The van der Waals surface area contributed by atoms with Crippen molar-refractivity contribution in [2.75, 3.05) is 0 Å².